The third-order valence-electron chi connectivity index (χ3n) is 2.45. The summed E-state index contributed by atoms with van der Waals surface area (Å²) in [4.78, 5) is 11.6. The second-order valence-electron chi connectivity index (χ2n) is 3.71. The van der Waals surface area contributed by atoms with E-state index in [-0.39, 0.29) is 5.02 Å². The van der Waals surface area contributed by atoms with E-state index < -0.39 is 17.8 Å². The van der Waals surface area contributed by atoms with Gasteiger partial charge in [0.1, 0.15) is 11.9 Å². The Balaban J connectivity index is 2.81. The van der Waals surface area contributed by atoms with Crippen LogP contribution in [0.2, 0.25) is 5.02 Å². The number of anilines is 1. The highest BCUT2D eigenvalue weighted by atomic mass is 35.5. The van der Waals surface area contributed by atoms with Gasteiger partial charge in [0.15, 0.2) is 0 Å². The Morgan fingerprint density at radius 1 is 1.56 bits per heavy atom. The van der Waals surface area contributed by atoms with Gasteiger partial charge in [-0.05, 0) is 32.1 Å². The molecule has 0 amide bonds. The number of carbonyl (C=O) groups excluding carboxylic acids is 1. The highest BCUT2D eigenvalue weighted by Gasteiger charge is 2.19. The quantitative estimate of drug-likeness (QED) is 0.780. The summed E-state index contributed by atoms with van der Waals surface area (Å²) >= 11 is 5.81. The van der Waals surface area contributed by atoms with Crippen LogP contribution in [-0.2, 0) is 9.53 Å². The van der Waals surface area contributed by atoms with Crippen molar-refractivity contribution in [2.45, 2.75) is 12.5 Å². The average Bonchev–Trinajstić information content (AvgIpc) is 2.38. The lowest BCUT2D eigenvalue weighted by Gasteiger charge is -2.18. The van der Waals surface area contributed by atoms with Crippen LogP contribution in [0.5, 0.6) is 0 Å². The second kappa shape index (κ2) is 7.18. The van der Waals surface area contributed by atoms with E-state index in [1.807, 2.05) is 0 Å². The first kappa shape index (κ1) is 14.7. The number of hydrogen-bond donors (Lipinski definition) is 2. The molecule has 4 nitrogen and oxygen atoms in total. The maximum Gasteiger partial charge on any atom is 0.328 e. The summed E-state index contributed by atoms with van der Waals surface area (Å²) < 4.78 is 17.9. The van der Waals surface area contributed by atoms with Gasteiger partial charge in [-0.25, -0.2) is 9.18 Å². The summed E-state index contributed by atoms with van der Waals surface area (Å²) in [6.07, 6.45) is 0.510. The van der Waals surface area contributed by atoms with Crippen molar-refractivity contribution >= 4 is 23.3 Å². The third-order valence-corrected chi connectivity index (χ3v) is 2.83. The van der Waals surface area contributed by atoms with Crippen LogP contribution in [0.25, 0.3) is 0 Å². The minimum absolute atomic E-state index is 0.0316. The van der Waals surface area contributed by atoms with Crippen molar-refractivity contribution < 1.29 is 13.9 Å². The van der Waals surface area contributed by atoms with Crippen LogP contribution < -0.4 is 10.6 Å². The van der Waals surface area contributed by atoms with Crippen LogP contribution in [0.15, 0.2) is 18.2 Å². The summed E-state index contributed by atoms with van der Waals surface area (Å²) in [6.45, 7) is 0.625. The molecule has 0 spiro atoms. The van der Waals surface area contributed by atoms with Crippen molar-refractivity contribution in [2.24, 2.45) is 0 Å². The van der Waals surface area contributed by atoms with Gasteiger partial charge in [-0.1, -0.05) is 17.7 Å². The highest BCUT2D eigenvalue weighted by molar-refractivity contribution is 6.33. The molecule has 1 aromatic rings. The monoisotopic (exact) mass is 274 g/mol. The molecule has 0 aromatic heterocycles. The molecular weight excluding hydrogens is 259 g/mol. The molecule has 2 N–H and O–H groups in total. The second-order valence-corrected chi connectivity index (χ2v) is 4.09. The summed E-state index contributed by atoms with van der Waals surface area (Å²) in [6, 6.07) is 3.83. The maximum absolute atomic E-state index is 13.3. The molecule has 0 aliphatic rings. The number of ether oxygens (including phenoxy) is 1. The molecule has 1 rings (SSSR count). The van der Waals surface area contributed by atoms with Gasteiger partial charge in [0, 0.05) is 0 Å². The van der Waals surface area contributed by atoms with Gasteiger partial charge in [-0.15, -0.1) is 0 Å². The molecule has 0 saturated heterocycles. The molecule has 6 heteroatoms. The number of benzene rings is 1. The minimum atomic E-state index is -0.568. The van der Waals surface area contributed by atoms with Crippen LogP contribution >= 0.6 is 11.6 Å². The van der Waals surface area contributed by atoms with Crippen molar-refractivity contribution in [1.82, 2.24) is 5.32 Å². The fourth-order valence-electron chi connectivity index (χ4n) is 1.48. The highest BCUT2D eigenvalue weighted by Crippen LogP contribution is 2.25. The first-order valence-corrected chi connectivity index (χ1v) is 5.91. The number of carbonyl (C=O) groups is 1. The molecule has 1 unspecified atom stereocenters. The normalized spacial score (nSPS) is 12.0. The van der Waals surface area contributed by atoms with Crippen molar-refractivity contribution in [3.63, 3.8) is 0 Å². The zero-order chi connectivity index (χ0) is 13.5. The van der Waals surface area contributed by atoms with Gasteiger partial charge in [0.05, 0.1) is 17.8 Å². The molecule has 0 aliphatic heterocycles. The molecule has 0 bridgehead atoms. The first-order chi connectivity index (χ1) is 8.60. The molecule has 18 heavy (non-hydrogen) atoms. The van der Waals surface area contributed by atoms with E-state index >= 15 is 0 Å². The molecule has 0 saturated carbocycles. The van der Waals surface area contributed by atoms with Gasteiger partial charge in [-0.3, -0.25) is 0 Å². The van der Waals surface area contributed by atoms with E-state index in [2.05, 4.69) is 15.4 Å². The Morgan fingerprint density at radius 3 is 2.89 bits per heavy atom. The van der Waals surface area contributed by atoms with E-state index in [0.29, 0.717) is 18.7 Å². The lowest BCUT2D eigenvalue weighted by Crippen LogP contribution is -2.33. The fourth-order valence-corrected chi connectivity index (χ4v) is 1.66. The van der Waals surface area contributed by atoms with Crippen molar-refractivity contribution in [3.8, 4) is 0 Å². The zero-order valence-corrected chi connectivity index (χ0v) is 11.1. The fraction of sp³-hybridized carbons (Fsp3) is 0.417. The number of nitrogens with one attached hydrogen (secondary N) is 2. The number of esters is 1. The minimum Gasteiger partial charge on any atom is -0.467 e. The van der Waals surface area contributed by atoms with E-state index in [9.17, 15) is 9.18 Å². The Labute approximate surface area is 110 Å². The number of rotatable bonds is 6. The lowest BCUT2D eigenvalue weighted by molar-refractivity contribution is -0.141. The zero-order valence-electron chi connectivity index (χ0n) is 10.3. The predicted octanol–water partition coefficient (Wildman–Crippen LogP) is 2.04. The largest absolute Gasteiger partial charge is 0.467 e. The summed E-state index contributed by atoms with van der Waals surface area (Å²) in [5.41, 5.74) is 0.378. The van der Waals surface area contributed by atoms with Crippen molar-refractivity contribution in [1.29, 1.82) is 0 Å². The summed E-state index contributed by atoms with van der Waals surface area (Å²) in [5.74, 6) is -0.940. The van der Waals surface area contributed by atoms with Crippen LogP contribution in [-0.4, -0.2) is 32.7 Å². The Morgan fingerprint density at radius 2 is 2.28 bits per heavy atom. The summed E-state index contributed by atoms with van der Waals surface area (Å²) in [5, 5.41) is 5.79. The predicted molar refractivity (Wildman–Crippen MR) is 69.4 cm³/mol. The van der Waals surface area contributed by atoms with Gasteiger partial charge in [-0.2, -0.15) is 0 Å². The van der Waals surface area contributed by atoms with E-state index in [1.54, 1.807) is 13.1 Å². The average molecular weight is 275 g/mol. The third kappa shape index (κ3) is 3.85. The van der Waals surface area contributed by atoms with Crippen LogP contribution in [0.3, 0.4) is 0 Å². The SMILES string of the molecule is CNCCC(Nc1cccc(F)c1Cl)C(=O)OC. The smallest absolute Gasteiger partial charge is 0.328 e. The van der Waals surface area contributed by atoms with Gasteiger partial charge in [0.25, 0.3) is 0 Å². The lowest BCUT2D eigenvalue weighted by atomic mass is 10.2. The summed E-state index contributed by atoms with van der Waals surface area (Å²) in [7, 11) is 3.09. The van der Waals surface area contributed by atoms with Gasteiger partial charge >= 0.3 is 5.97 Å². The molecule has 1 aromatic carbocycles. The standard InChI is InChI=1S/C12H16ClFN2O2/c1-15-7-6-10(12(17)18-2)16-9-5-3-4-8(14)11(9)13/h3-5,10,15-16H,6-7H2,1-2H3. The number of hydrogen-bond acceptors (Lipinski definition) is 4. The molecule has 0 heterocycles. The van der Waals surface area contributed by atoms with Crippen molar-refractivity contribution in [2.75, 3.05) is 26.0 Å². The Kier molecular flexibility index (Phi) is 5.88. The van der Waals surface area contributed by atoms with E-state index in [0.717, 1.165) is 0 Å². The van der Waals surface area contributed by atoms with E-state index in [1.165, 1.54) is 19.2 Å². The topological polar surface area (TPSA) is 50.4 Å². The molecule has 0 aliphatic carbocycles. The molecule has 1 atom stereocenters. The molecule has 0 radical (unpaired) electrons. The number of halogens is 2. The van der Waals surface area contributed by atoms with Crippen molar-refractivity contribution in [3.05, 3.63) is 29.0 Å². The molecule has 0 fully saturated rings. The van der Waals surface area contributed by atoms with Crippen LogP contribution in [0.4, 0.5) is 10.1 Å². The molecule has 100 valence electrons. The van der Waals surface area contributed by atoms with Gasteiger partial charge in [0.2, 0.25) is 0 Å². The van der Waals surface area contributed by atoms with Gasteiger partial charge < -0.3 is 15.4 Å². The van der Waals surface area contributed by atoms with E-state index in [4.69, 9.17) is 11.6 Å². The Bertz CT molecular complexity index is 415. The van der Waals surface area contributed by atoms with Crippen LogP contribution in [0.1, 0.15) is 6.42 Å². The van der Waals surface area contributed by atoms with Crippen LogP contribution in [0, 0.1) is 5.82 Å². The number of methoxy groups -OCH3 is 1. The first-order valence-electron chi connectivity index (χ1n) is 5.53. The molecular formula is C12H16ClFN2O2. The Hall–Kier alpha value is -1.33. The maximum atomic E-state index is 13.3.